The van der Waals surface area contributed by atoms with Crippen molar-refractivity contribution in [2.24, 2.45) is 0 Å². The minimum absolute atomic E-state index is 0.0204. The number of rotatable bonds is 6. The van der Waals surface area contributed by atoms with Crippen molar-refractivity contribution in [1.29, 1.82) is 5.41 Å². The molecule has 1 aromatic heterocycles. The van der Waals surface area contributed by atoms with Crippen molar-refractivity contribution in [2.75, 3.05) is 43.9 Å². The lowest BCUT2D eigenvalue weighted by Gasteiger charge is -2.36. The van der Waals surface area contributed by atoms with Crippen LogP contribution in [0.3, 0.4) is 0 Å². The van der Waals surface area contributed by atoms with Crippen LogP contribution in [0.5, 0.6) is 0 Å². The van der Waals surface area contributed by atoms with Crippen molar-refractivity contribution in [2.45, 2.75) is 6.04 Å². The Morgan fingerprint density at radius 1 is 1.34 bits per heavy atom. The molecule has 0 bridgehead atoms. The summed E-state index contributed by atoms with van der Waals surface area (Å²) in [7, 11) is 1.79. The van der Waals surface area contributed by atoms with E-state index in [2.05, 4.69) is 9.97 Å². The van der Waals surface area contributed by atoms with Crippen molar-refractivity contribution < 1.29 is 24.6 Å². The Kier molecular flexibility index (Phi) is 5.82. The highest BCUT2D eigenvalue weighted by Gasteiger charge is 2.38. The van der Waals surface area contributed by atoms with Crippen molar-refractivity contribution in [3.8, 4) is 0 Å². The molecule has 10 nitrogen and oxygen atoms in total. The van der Waals surface area contributed by atoms with E-state index in [1.54, 1.807) is 29.5 Å². The summed E-state index contributed by atoms with van der Waals surface area (Å²) in [6, 6.07) is 4.46. The number of nitrogens with zero attached hydrogens (tertiary/aromatic N) is 4. The second kappa shape index (κ2) is 8.71. The first-order valence-corrected chi connectivity index (χ1v) is 10.2. The van der Waals surface area contributed by atoms with Gasteiger partial charge in [-0.15, -0.1) is 0 Å². The fourth-order valence-corrected chi connectivity index (χ4v) is 3.94. The van der Waals surface area contributed by atoms with Gasteiger partial charge < -0.3 is 26.1 Å². The van der Waals surface area contributed by atoms with Crippen LogP contribution < -0.4 is 21.4 Å². The van der Waals surface area contributed by atoms with Crippen LogP contribution in [0, 0.1) is 11.2 Å². The molecule has 1 unspecified atom stereocenters. The van der Waals surface area contributed by atoms with E-state index in [-0.39, 0.29) is 29.1 Å². The average molecular weight is 440 g/mol. The van der Waals surface area contributed by atoms with Gasteiger partial charge in [-0.1, -0.05) is 0 Å². The Labute approximate surface area is 183 Å². The minimum atomic E-state index is -0.537. The number of benzene rings is 1. The van der Waals surface area contributed by atoms with Gasteiger partial charge in [-0.25, -0.2) is 19.2 Å². The Morgan fingerprint density at radius 2 is 2.16 bits per heavy atom. The number of cyclic esters (lactones) is 1. The summed E-state index contributed by atoms with van der Waals surface area (Å²) in [4.78, 5) is 24.1. The molecule has 7 N–H and O–H groups in total. The van der Waals surface area contributed by atoms with Gasteiger partial charge >= 0.3 is 6.09 Å². The van der Waals surface area contributed by atoms with Crippen LogP contribution in [0.15, 0.2) is 30.7 Å². The van der Waals surface area contributed by atoms with Gasteiger partial charge in [-0.2, -0.15) is 0 Å². The third kappa shape index (κ3) is 3.89. The summed E-state index contributed by atoms with van der Waals surface area (Å²) >= 11 is 0. The van der Waals surface area contributed by atoms with Gasteiger partial charge in [0.1, 0.15) is 36.5 Å². The zero-order valence-corrected chi connectivity index (χ0v) is 17.6. The SMILES string of the molecule is C[NH2+]/C=C(\C=N)c1cc(C(=[NH2+])c2cc(N3CCN4C(=O)OCC4C3)ncn2)c(N)cc1F. The van der Waals surface area contributed by atoms with E-state index in [0.29, 0.717) is 48.9 Å². The molecule has 2 saturated heterocycles. The Hall–Kier alpha value is -3.86. The van der Waals surface area contributed by atoms with Crippen LogP contribution in [0.2, 0.25) is 0 Å². The fourth-order valence-electron chi connectivity index (χ4n) is 3.94. The molecule has 1 atom stereocenters. The molecule has 3 heterocycles. The number of amides is 1. The predicted molar refractivity (Wildman–Crippen MR) is 117 cm³/mol. The van der Waals surface area contributed by atoms with Crippen LogP contribution >= 0.6 is 0 Å². The standard InChI is InChI=1S/C21H23FN8O2/c1-26-8-12(7-23)14-4-15(17(24)5-16(14)22)20(25)18-6-19(28-11-27-18)29-2-3-30-13(9-29)10-32-21(30)31/h4-8,11,13,23,25-26H,2-3,9-10,24H2,1H3/p+2/b12-8+,23-7?,25-20?. The second-order valence-electron chi connectivity index (χ2n) is 7.56. The third-order valence-corrected chi connectivity index (χ3v) is 5.61. The Morgan fingerprint density at radius 3 is 2.91 bits per heavy atom. The summed E-state index contributed by atoms with van der Waals surface area (Å²) in [6.45, 7) is 2.09. The van der Waals surface area contributed by atoms with E-state index in [1.165, 1.54) is 18.5 Å². The molecule has 2 aromatic rings. The number of quaternary nitrogens is 1. The third-order valence-electron chi connectivity index (χ3n) is 5.61. The number of carbonyl (C=O) groups is 1. The average Bonchev–Trinajstić information content (AvgIpc) is 3.17. The number of ether oxygens (including phenoxy) is 1. The molecule has 2 fully saturated rings. The molecule has 11 heteroatoms. The number of carbonyl (C=O) groups excluding carboxylic acids is 1. The normalized spacial score (nSPS) is 18.4. The van der Waals surface area contributed by atoms with Crippen molar-refractivity contribution in [1.82, 2.24) is 14.9 Å². The minimum Gasteiger partial charge on any atom is -0.447 e. The number of nitrogens with two attached hydrogens (primary N) is 3. The number of piperazine rings is 1. The Balaban J connectivity index is 1.63. The molecule has 2 aliphatic rings. The van der Waals surface area contributed by atoms with E-state index in [0.717, 1.165) is 6.21 Å². The first-order chi connectivity index (χ1) is 15.4. The lowest BCUT2D eigenvalue weighted by Crippen LogP contribution is -2.72. The molecule has 1 amide bonds. The maximum absolute atomic E-state index is 14.5. The van der Waals surface area contributed by atoms with Crippen LogP contribution in [0.25, 0.3) is 5.57 Å². The molecule has 0 saturated carbocycles. The highest BCUT2D eigenvalue weighted by molar-refractivity contribution is 6.13. The van der Waals surface area contributed by atoms with Crippen LogP contribution in [0.4, 0.5) is 20.7 Å². The van der Waals surface area contributed by atoms with E-state index in [1.807, 2.05) is 4.90 Å². The van der Waals surface area contributed by atoms with E-state index < -0.39 is 5.82 Å². The zero-order valence-electron chi connectivity index (χ0n) is 17.6. The van der Waals surface area contributed by atoms with Gasteiger partial charge in [0.15, 0.2) is 0 Å². The molecule has 32 heavy (non-hydrogen) atoms. The van der Waals surface area contributed by atoms with E-state index >= 15 is 0 Å². The number of allylic oxidation sites excluding steroid dienone is 1. The number of nitrogens with one attached hydrogen (secondary N) is 1. The molecular weight excluding hydrogens is 415 g/mol. The summed E-state index contributed by atoms with van der Waals surface area (Å²) in [6.07, 6.45) is 3.85. The number of hydrogen-bond acceptors (Lipinski definition) is 7. The fraction of sp³-hybridized carbons (Fsp3) is 0.286. The molecule has 0 spiro atoms. The number of nitrogen functional groups attached to an aromatic ring is 1. The molecular formula is C21H25FN8O2+2. The molecule has 166 valence electrons. The van der Waals surface area contributed by atoms with Crippen LogP contribution in [-0.4, -0.2) is 72.2 Å². The number of halogens is 1. The maximum atomic E-state index is 14.5. The smallest absolute Gasteiger partial charge is 0.410 e. The highest BCUT2D eigenvalue weighted by atomic mass is 19.1. The van der Waals surface area contributed by atoms with Crippen molar-refractivity contribution in [3.63, 3.8) is 0 Å². The quantitative estimate of drug-likeness (QED) is 0.321. The van der Waals surface area contributed by atoms with Crippen molar-refractivity contribution in [3.05, 3.63) is 53.4 Å². The monoisotopic (exact) mass is 440 g/mol. The second-order valence-corrected chi connectivity index (χ2v) is 7.56. The van der Waals surface area contributed by atoms with Gasteiger partial charge in [0.2, 0.25) is 5.71 Å². The molecule has 0 radical (unpaired) electrons. The molecule has 4 rings (SSSR count). The first kappa shape index (κ1) is 21.4. The zero-order chi connectivity index (χ0) is 22.8. The summed E-state index contributed by atoms with van der Waals surface area (Å²) in [5.74, 6) is 0.128. The van der Waals surface area contributed by atoms with Gasteiger partial charge in [0.05, 0.1) is 24.2 Å². The highest BCUT2D eigenvalue weighted by Crippen LogP contribution is 2.26. The van der Waals surface area contributed by atoms with Crippen LogP contribution in [-0.2, 0) is 4.74 Å². The first-order valence-electron chi connectivity index (χ1n) is 10.2. The summed E-state index contributed by atoms with van der Waals surface area (Å²) in [5.41, 5.74) is 8.00. The van der Waals surface area contributed by atoms with Gasteiger partial charge in [-0.3, -0.25) is 10.3 Å². The van der Waals surface area contributed by atoms with Crippen molar-refractivity contribution >= 4 is 35.1 Å². The number of fused-ring (bicyclic) bond motifs is 1. The van der Waals surface area contributed by atoms with E-state index in [4.69, 9.17) is 21.3 Å². The summed E-state index contributed by atoms with van der Waals surface area (Å²) < 4.78 is 19.7. The number of hydrogen-bond donors (Lipinski definition) is 4. The lowest BCUT2D eigenvalue weighted by molar-refractivity contribution is -0.555. The Bertz CT molecular complexity index is 1120. The van der Waals surface area contributed by atoms with E-state index in [9.17, 15) is 9.18 Å². The molecule has 1 aromatic carbocycles. The molecule has 0 aliphatic carbocycles. The van der Waals surface area contributed by atoms with Gasteiger partial charge in [0, 0.05) is 43.2 Å². The largest absolute Gasteiger partial charge is 0.447 e. The molecule has 2 aliphatic heterocycles. The predicted octanol–water partition coefficient (Wildman–Crippen LogP) is -1.38. The lowest BCUT2D eigenvalue weighted by atomic mass is 9.98. The van der Waals surface area contributed by atoms with Crippen LogP contribution in [0.1, 0.15) is 16.8 Å². The maximum Gasteiger partial charge on any atom is 0.410 e. The van der Waals surface area contributed by atoms with Gasteiger partial charge in [-0.05, 0) is 12.1 Å². The summed E-state index contributed by atoms with van der Waals surface area (Å²) in [5, 5.41) is 15.7. The van der Waals surface area contributed by atoms with Gasteiger partial charge in [0.25, 0.3) is 0 Å². The number of anilines is 2. The topological polar surface area (TPSA) is 151 Å². The number of aromatic nitrogens is 2.